The van der Waals surface area contributed by atoms with Crippen LogP contribution in [0.2, 0.25) is 0 Å². The quantitative estimate of drug-likeness (QED) is 0.848. The molecule has 16 heavy (non-hydrogen) atoms. The van der Waals surface area contributed by atoms with Crippen molar-refractivity contribution in [3.8, 4) is 0 Å². The number of aryl methyl sites for hydroxylation is 1. The first kappa shape index (κ1) is 11.6. The Balaban J connectivity index is 1.77. The van der Waals surface area contributed by atoms with Gasteiger partial charge < -0.3 is 14.5 Å². The molecule has 1 N–H and O–H groups in total. The lowest BCUT2D eigenvalue weighted by Gasteiger charge is -2.13. The fourth-order valence-electron chi connectivity index (χ4n) is 1.93. The summed E-state index contributed by atoms with van der Waals surface area (Å²) < 4.78 is 11.0. The van der Waals surface area contributed by atoms with Crippen LogP contribution in [0.15, 0.2) is 10.6 Å². The van der Waals surface area contributed by atoms with Gasteiger partial charge in [0.05, 0.1) is 12.7 Å². The van der Waals surface area contributed by atoms with Crippen LogP contribution in [0.25, 0.3) is 0 Å². The molecule has 4 heteroatoms. The van der Waals surface area contributed by atoms with E-state index in [4.69, 9.17) is 9.15 Å². The monoisotopic (exact) mass is 224 g/mol. The molecule has 0 radical (unpaired) electrons. The van der Waals surface area contributed by atoms with Crippen molar-refractivity contribution >= 4 is 0 Å². The second-order valence-electron chi connectivity index (χ2n) is 4.19. The van der Waals surface area contributed by atoms with Gasteiger partial charge in [-0.2, -0.15) is 0 Å². The third-order valence-corrected chi connectivity index (χ3v) is 2.94. The van der Waals surface area contributed by atoms with Gasteiger partial charge in [0.15, 0.2) is 0 Å². The SMILES string of the molecule is CCc1cnc(CNC2CCCOCC2)o1. The number of hydrogen-bond donors (Lipinski definition) is 1. The summed E-state index contributed by atoms with van der Waals surface area (Å²) in [7, 11) is 0. The molecule has 4 nitrogen and oxygen atoms in total. The number of nitrogens with zero attached hydrogens (tertiary/aromatic N) is 1. The molecule has 0 aliphatic carbocycles. The minimum absolute atomic E-state index is 0.541. The summed E-state index contributed by atoms with van der Waals surface area (Å²) in [4.78, 5) is 4.23. The zero-order chi connectivity index (χ0) is 11.2. The first-order chi connectivity index (χ1) is 7.88. The first-order valence-electron chi connectivity index (χ1n) is 6.13. The molecule has 90 valence electrons. The van der Waals surface area contributed by atoms with Crippen molar-refractivity contribution in [2.45, 2.75) is 45.2 Å². The van der Waals surface area contributed by atoms with Crippen molar-refractivity contribution in [2.75, 3.05) is 13.2 Å². The maximum absolute atomic E-state index is 5.55. The molecule has 1 aromatic rings. The van der Waals surface area contributed by atoms with Gasteiger partial charge in [-0.05, 0) is 19.3 Å². The molecular formula is C12H20N2O2. The Hall–Kier alpha value is -0.870. The largest absolute Gasteiger partial charge is 0.444 e. The van der Waals surface area contributed by atoms with Crippen molar-refractivity contribution in [3.63, 3.8) is 0 Å². The summed E-state index contributed by atoms with van der Waals surface area (Å²) in [5, 5.41) is 3.48. The topological polar surface area (TPSA) is 47.3 Å². The molecule has 1 aliphatic rings. The maximum Gasteiger partial charge on any atom is 0.208 e. The summed E-state index contributed by atoms with van der Waals surface area (Å²) in [5.74, 6) is 1.75. The van der Waals surface area contributed by atoms with Crippen LogP contribution in [0.5, 0.6) is 0 Å². The predicted molar refractivity (Wildman–Crippen MR) is 61.2 cm³/mol. The molecule has 0 saturated carbocycles. The summed E-state index contributed by atoms with van der Waals surface area (Å²) in [6.45, 7) is 4.56. The van der Waals surface area contributed by atoms with Crippen molar-refractivity contribution < 1.29 is 9.15 Å². The molecular weight excluding hydrogens is 204 g/mol. The minimum atomic E-state index is 0.541. The highest BCUT2D eigenvalue weighted by atomic mass is 16.5. The van der Waals surface area contributed by atoms with E-state index < -0.39 is 0 Å². The molecule has 1 fully saturated rings. The third-order valence-electron chi connectivity index (χ3n) is 2.94. The van der Waals surface area contributed by atoms with Crippen molar-refractivity contribution in [2.24, 2.45) is 0 Å². The Morgan fingerprint density at radius 1 is 1.44 bits per heavy atom. The van der Waals surface area contributed by atoms with Gasteiger partial charge in [-0.1, -0.05) is 6.92 Å². The van der Waals surface area contributed by atoms with Crippen LogP contribution in [0.3, 0.4) is 0 Å². The predicted octanol–water partition coefficient (Wildman–Crippen LogP) is 1.90. The van der Waals surface area contributed by atoms with E-state index in [1.165, 1.54) is 6.42 Å². The van der Waals surface area contributed by atoms with Crippen molar-refractivity contribution in [1.29, 1.82) is 0 Å². The smallest absolute Gasteiger partial charge is 0.208 e. The highest BCUT2D eigenvalue weighted by molar-refractivity contribution is 4.93. The Morgan fingerprint density at radius 3 is 3.19 bits per heavy atom. The summed E-state index contributed by atoms with van der Waals surface area (Å²) in [6.07, 6.45) is 6.13. The number of hydrogen-bond acceptors (Lipinski definition) is 4. The van der Waals surface area contributed by atoms with Gasteiger partial charge in [0, 0.05) is 25.7 Å². The Kier molecular flexibility index (Phi) is 4.36. The van der Waals surface area contributed by atoms with Crippen LogP contribution in [-0.2, 0) is 17.7 Å². The van der Waals surface area contributed by atoms with Crippen molar-refractivity contribution in [3.05, 3.63) is 17.8 Å². The van der Waals surface area contributed by atoms with Gasteiger partial charge in [-0.25, -0.2) is 4.98 Å². The number of ether oxygens (including phenoxy) is 1. The number of nitrogens with one attached hydrogen (secondary N) is 1. The first-order valence-corrected chi connectivity index (χ1v) is 6.13. The fraction of sp³-hybridized carbons (Fsp3) is 0.750. The highest BCUT2D eigenvalue weighted by Crippen LogP contribution is 2.10. The molecule has 2 heterocycles. The fourth-order valence-corrected chi connectivity index (χ4v) is 1.93. The second-order valence-corrected chi connectivity index (χ2v) is 4.19. The molecule has 1 saturated heterocycles. The second kappa shape index (κ2) is 6.01. The Morgan fingerprint density at radius 2 is 2.38 bits per heavy atom. The van der Waals surface area contributed by atoms with Crippen LogP contribution in [0, 0.1) is 0 Å². The van der Waals surface area contributed by atoms with Gasteiger partial charge >= 0.3 is 0 Å². The molecule has 2 rings (SSSR count). The molecule has 1 aromatic heterocycles. The lowest BCUT2D eigenvalue weighted by Crippen LogP contribution is -2.28. The summed E-state index contributed by atoms with van der Waals surface area (Å²) in [6, 6.07) is 0.541. The maximum atomic E-state index is 5.55. The van der Waals surface area contributed by atoms with Gasteiger partial charge in [0.1, 0.15) is 5.76 Å². The number of rotatable bonds is 4. The van der Waals surface area contributed by atoms with Gasteiger partial charge in [-0.3, -0.25) is 0 Å². The van der Waals surface area contributed by atoms with E-state index in [2.05, 4.69) is 17.2 Å². The molecule has 0 spiro atoms. The lowest BCUT2D eigenvalue weighted by atomic mass is 10.1. The Labute approximate surface area is 96.4 Å². The van der Waals surface area contributed by atoms with Gasteiger partial charge in [0.25, 0.3) is 0 Å². The van der Waals surface area contributed by atoms with E-state index in [9.17, 15) is 0 Å². The lowest BCUT2D eigenvalue weighted by molar-refractivity contribution is 0.142. The average Bonchev–Trinajstić information content (AvgIpc) is 2.61. The van der Waals surface area contributed by atoms with E-state index in [1.807, 2.05) is 6.20 Å². The normalized spacial score (nSPS) is 21.9. The van der Waals surface area contributed by atoms with E-state index in [0.717, 1.165) is 50.7 Å². The van der Waals surface area contributed by atoms with Crippen LogP contribution >= 0.6 is 0 Å². The number of aromatic nitrogens is 1. The van der Waals surface area contributed by atoms with E-state index in [1.54, 1.807) is 0 Å². The van der Waals surface area contributed by atoms with Crippen molar-refractivity contribution in [1.82, 2.24) is 10.3 Å². The molecule has 0 aromatic carbocycles. The zero-order valence-electron chi connectivity index (χ0n) is 9.87. The highest BCUT2D eigenvalue weighted by Gasteiger charge is 2.12. The molecule has 0 amide bonds. The van der Waals surface area contributed by atoms with Crippen LogP contribution < -0.4 is 5.32 Å². The van der Waals surface area contributed by atoms with Crippen LogP contribution in [-0.4, -0.2) is 24.2 Å². The standard InChI is InChI=1S/C12H20N2O2/c1-2-11-8-14-12(16-11)9-13-10-4-3-6-15-7-5-10/h8,10,13H,2-7,9H2,1H3. The molecule has 1 aliphatic heterocycles. The van der Waals surface area contributed by atoms with Gasteiger partial charge in [-0.15, -0.1) is 0 Å². The van der Waals surface area contributed by atoms with Crippen LogP contribution in [0.4, 0.5) is 0 Å². The zero-order valence-corrected chi connectivity index (χ0v) is 9.87. The molecule has 1 atom stereocenters. The summed E-state index contributed by atoms with van der Waals surface area (Å²) >= 11 is 0. The van der Waals surface area contributed by atoms with E-state index in [-0.39, 0.29) is 0 Å². The molecule has 0 bridgehead atoms. The van der Waals surface area contributed by atoms with E-state index >= 15 is 0 Å². The van der Waals surface area contributed by atoms with Gasteiger partial charge in [0.2, 0.25) is 5.89 Å². The number of oxazole rings is 1. The average molecular weight is 224 g/mol. The Bertz CT molecular complexity index is 304. The third kappa shape index (κ3) is 3.32. The van der Waals surface area contributed by atoms with E-state index in [0.29, 0.717) is 6.04 Å². The van der Waals surface area contributed by atoms with Crippen LogP contribution in [0.1, 0.15) is 37.8 Å². The minimum Gasteiger partial charge on any atom is -0.444 e. The summed E-state index contributed by atoms with van der Waals surface area (Å²) in [5.41, 5.74) is 0. The molecule has 1 unspecified atom stereocenters.